The Morgan fingerprint density at radius 2 is 1.69 bits per heavy atom. The van der Waals surface area contributed by atoms with Crippen molar-refractivity contribution in [3.63, 3.8) is 0 Å². The van der Waals surface area contributed by atoms with Gasteiger partial charge in [0.05, 0.1) is 25.7 Å². The third kappa shape index (κ3) is 8.50. The normalized spacial score (nSPS) is 11.5. The van der Waals surface area contributed by atoms with Gasteiger partial charge >= 0.3 is 0 Å². The predicted molar refractivity (Wildman–Crippen MR) is 140 cm³/mol. The van der Waals surface area contributed by atoms with Gasteiger partial charge in [-0.2, -0.15) is 0 Å². The summed E-state index contributed by atoms with van der Waals surface area (Å²) in [7, 11) is 0.0550. The molecule has 0 unspecified atom stereocenters. The summed E-state index contributed by atoms with van der Waals surface area (Å²) in [5.41, 5.74) is 2.89. The Labute approximate surface area is 208 Å². The molecule has 32 heavy (non-hydrogen) atoms. The molecule has 2 N–H and O–H groups in total. The lowest BCUT2D eigenvalue weighted by Gasteiger charge is -2.12. The van der Waals surface area contributed by atoms with Gasteiger partial charge in [-0.3, -0.25) is 0 Å². The highest BCUT2D eigenvalue weighted by molar-refractivity contribution is 14.0. The number of methoxy groups -OCH3 is 2. The van der Waals surface area contributed by atoms with Crippen molar-refractivity contribution in [3.05, 3.63) is 53.1 Å². The number of ether oxygens (including phenoxy) is 2. The van der Waals surface area contributed by atoms with Crippen molar-refractivity contribution < 1.29 is 17.9 Å². The van der Waals surface area contributed by atoms with E-state index in [0.717, 1.165) is 54.5 Å². The van der Waals surface area contributed by atoms with Crippen molar-refractivity contribution >= 4 is 39.8 Å². The average Bonchev–Trinajstić information content (AvgIpc) is 2.73. The maximum absolute atomic E-state index is 11.8. The van der Waals surface area contributed by atoms with E-state index in [2.05, 4.69) is 15.6 Å². The second-order valence-corrected chi connectivity index (χ2v) is 9.27. The molecule has 0 heterocycles. The highest BCUT2D eigenvalue weighted by atomic mass is 127. The molecule has 7 nitrogen and oxygen atoms in total. The number of hydrogen-bond donors (Lipinski definition) is 2. The van der Waals surface area contributed by atoms with E-state index in [0.29, 0.717) is 11.4 Å². The van der Waals surface area contributed by atoms with Crippen molar-refractivity contribution in [1.29, 1.82) is 0 Å². The fraction of sp³-hybridized carbons (Fsp3) is 0.435. The van der Waals surface area contributed by atoms with Gasteiger partial charge in [0, 0.05) is 19.3 Å². The van der Waals surface area contributed by atoms with E-state index in [1.54, 1.807) is 27.2 Å². The second kappa shape index (κ2) is 13.5. The predicted octanol–water partition coefficient (Wildman–Crippen LogP) is 3.72. The highest BCUT2D eigenvalue weighted by Crippen LogP contribution is 2.27. The van der Waals surface area contributed by atoms with Gasteiger partial charge in [-0.1, -0.05) is 18.2 Å². The first-order chi connectivity index (χ1) is 14.8. The zero-order valence-corrected chi connectivity index (χ0v) is 22.5. The molecule has 0 atom stereocenters. The van der Waals surface area contributed by atoms with Crippen LogP contribution in [0.3, 0.4) is 0 Å². The van der Waals surface area contributed by atoms with Gasteiger partial charge < -0.3 is 20.1 Å². The van der Waals surface area contributed by atoms with Gasteiger partial charge in [-0.25, -0.2) is 13.4 Å². The number of aryl methyl sites for hydroxylation is 2. The lowest BCUT2D eigenvalue weighted by molar-refractivity contribution is 0.354. The average molecular weight is 576 g/mol. The van der Waals surface area contributed by atoms with Crippen LogP contribution in [0.15, 0.2) is 46.3 Å². The molecule has 0 saturated heterocycles. The number of benzene rings is 2. The minimum absolute atomic E-state index is 0. The summed E-state index contributed by atoms with van der Waals surface area (Å²) in [5, 5.41) is 6.59. The fourth-order valence-electron chi connectivity index (χ4n) is 3.27. The van der Waals surface area contributed by atoms with Crippen molar-refractivity contribution in [1.82, 2.24) is 10.6 Å². The van der Waals surface area contributed by atoms with Crippen molar-refractivity contribution in [3.8, 4) is 11.5 Å². The van der Waals surface area contributed by atoms with Crippen LogP contribution < -0.4 is 20.1 Å². The van der Waals surface area contributed by atoms with E-state index < -0.39 is 9.84 Å². The maximum atomic E-state index is 11.8. The van der Waals surface area contributed by atoms with Gasteiger partial charge in [0.1, 0.15) is 0 Å². The quantitative estimate of drug-likeness (QED) is 0.194. The topological polar surface area (TPSA) is 89.0 Å². The molecule has 0 spiro atoms. The number of aliphatic imine (C=N–C) groups is 1. The van der Waals surface area contributed by atoms with Gasteiger partial charge in [0.2, 0.25) is 0 Å². The standard InChI is InChI=1S/C23H33N3O4S.HI/c1-6-24-23(26-16-19-10-12-22(17(2)14-19)31(5,27)28)25-13-7-8-18-9-11-20(29-3)21(15-18)30-4;/h9-12,14-15H,6-8,13,16H2,1-5H3,(H2,24,25,26);1H. The number of nitrogens with one attached hydrogen (secondary N) is 2. The molecule has 0 aromatic heterocycles. The van der Waals surface area contributed by atoms with E-state index in [1.165, 1.54) is 11.8 Å². The number of nitrogens with zero attached hydrogens (tertiary/aromatic N) is 1. The Morgan fingerprint density at radius 1 is 1.00 bits per heavy atom. The van der Waals surface area contributed by atoms with Crippen LogP contribution in [0, 0.1) is 6.92 Å². The molecule has 0 radical (unpaired) electrons. The first-order valence-corrected chi connectivity index (χ1v) is 12.2. The number of guanidine groups is 1. The first kappa shape index (κ1) is 28.0. The zero-order valence-electron chi connectivity index (χ0n) is 19.4. The highest BCUT2D eigenvalue weighted by Gasteiger charge is 2.11. The zero-order chi connectivity index (χ0) is 22.9. The summed E-state index contributed by atoms with van der Waals surface area (Å²) in [6.45, 7) is 5.82. The Hall–Kier alpha value is -2.01. The Kier molecular flexibility index (Phi) is 11.8. The molecule has 2 rings (SSSR count). The number of sulfone groups is 1. The van der Waals surface area contributed by atoms with Crippen LogP contribution in [0.4, 0.5) is 0 Å². The Morgan fingerprint density at radius 3 is 2.28 bits per heavy atom. The van der Waals surface area contributed by atoms with E-state index in [4.69, 9.17) is 9.47 Å². The summed E-state index contributed by atoms with van der Waals surface area (Å²) in [6.07, 6.45) is 3.06. The molecule has 2 aromatic carbocycles. The second-order valence-electron chi connectivity index (χ2n) is 7.29. The Balaban J connectivity index is 0.00000512. The van der Waals surface area contributed by atoms with Crippen LogP contribution in [-0.2, 0) is 22.8 Å². The molecule has 2 aromatic rings. The summed E-state index contributed by atoms with van der Waals surface area (Å²) in [4.78, 5) is 4.98. The van der Waals surface area contributed by atoms with Gasteiger partial charge in [-0.15, -0.1) is 24.0 Å². The molecule has 0 bridgehead atoms. The van der Waals surface area contributed by atoms with Crippen LogP contribution in [0.1, 0.15) is 30.0 Å². The fourth-order valence-corrected chi connectivity index (χ4v) is 4.23. The van der Waals surface area contributed by atoms with Crippen LogP contribution in [0.5, 0.6) is 11.5 Å². The van der Waals surface area contributed by atoms with Gasteiger partial charge in [0.25, 0.3) is 0 Å². The third-order valence-corrected chi connectivity index (χ3v) is 6.04. The van der Waals surface area contributed by atoms with E-state index in [1.807, 2.05) is 37.3 Å². The van der Waals surface area contributed by atoms with Gasteiger partial charge in [-0.05, 0) is 61.6 Å². The number of rotatable bonds is 10. The monoisotopic (exact) mass is 575 g/mol. The lowest BCUT2D eigenvalue weighted by Crippen LogP contribution is -2.37. The smallest absolute Gasteiger partial charge is 0.191 e. The van der Waals surface area contributed by atoms with Crippen LogP contribution >= 0.6 is 24.0 Å². The van der Waals surface area contributed by atoms with Crippen molar-refractivity contribution in [2.75, 3.05) is 33.6 Å². The van der Waals surface area contributed by atoms with E-state index in [-0.39, 0.29) is 24.0 Å². The van der Waals surface area contributed by atoms with E-state index in [9.17, 15) is 8.42 Å². The summed E-state index contributed by atoms with van der Waals surface area (Å²) in [6, 6.07) is 11.3. The third-order valence-electron chi connectivity index (χ3n) is 4.79. The summed E-state index contributed by atoms with van der Waals surface area (Å²) >= 11 is 0. The minimum atomic E-state index is -3.21. The molecule has 0 saturated carbocycles. The van der Waals surface area contributed by atoms with Crippen LogP contribution in [0.2, 0.25) is 0 Å². The molecule has 0 amide bonds. The number of hydrogen-bond acceptors (Lipinski definition) is 5. The minimum Gasteiger partial charge on any atom is -0.493 e. The molecule has 178 valence electrons. The lowest BCUT2D eigenvalue weighted by atomic mass is 10.1. The molecule has 0 aliphatic rings. The molecule has 0 aliphatic carbocycles. The Bertz CT molecular complexity index is 1010. The summed E-state index contributed by atoms with van der Waals surface area (Å²) < 4.78 is 34.2. The SMILES string of the molecule is CCNC(=NCc1ccc(S(C)(=O)=O)c(C)c1)NCCCc1ccc(OC)c(OC)c1.I. The van der Waals surface area contributed by atoms with Crippen LogP contribution in [0.25, 0.3) is 0 Å². The van der Waals surface area contributed by atoms with E-state index >= 15 is 0 Å². The maximum Gasteiger partial charge on any atom is 0.191 e. The largest absolute Gasteiger partial charge is 0.493 e. The number of halogens is 1. The molecule has 0 fully saturated rings. The molecule has 0 aliphatic heterocycles. The van der Waals surface area contributed by atoms with Crippen LogP contribution in [-0.4, -0.2) is 47.9 Å². The van der Waals surface area contributed by atoms with Crippen molar-refractivity contribution in [2.45, 2.75) is 38.1 Å². The molecular weight excluding hydrogens is 541 g/mol. The summed E-state index contributed by atoms with van der Waals surface area (Å²) in [5.74, 6) is 2.20. The van der Waals surface area contributed by atoms with Gasteiger partial charge in [0.15, 0.2) is 27.3 Å². The van der Waals surface area contributed by atoms with Crippen molar-refractivity contribution in [2.24, 2.45) is 4.99 Å². The first-order valence-electron chi connectivity index (χ1n) is 10.3. The molecule has 9 heteroatoms. The molecular formula is C23H34IN3O4S.